The van der Waals surface area contributed by atoms with Crippen LogP contribution in [0.15, 0.2) is 77.7 Å². The molecule has 3 aromatic rings. The molecule has 0 saturated heterocycles. The maximum absolute atomic E-state index is 12.8. The summed E-state index contributed by atoms with van der Waals surface area (Å²) in [6.45, 7) is 3.48. The van der Waals surface area contributed by atoms with Crippen LogP contribution in [0.5, 0.6) is 5.75 Å². The molecule has 174 valence electrons. The number of nitrogens with one attached hydrogen (secondary N) is 2. The third kappa shape index (κ3) is 6.48. The highest BCUT2D eigenvalue weighted by molar-refractivity contribution is 7.92. The van der Waals surface area contributed by atoms with Gasteiger partial charge >= 0.3 is 6.18 Å². The van der Waals surface area contributed by atoms with E-state index >= 15 is 0 Å². The molecule has 0 aliphatic heterocycles. The average molecular weight is 478 g/mol. The fourth-order valence-electron chi connectivity index (χ4n) is 2.88. The summed E-state index contributed by atoms with van der Waals surface area (Å²) in [5.41, 5.74) is 0.125. The Morgan fingerprint density at radius 1 is 0.939 bits per heavy atom. The lowest BCUT2D eigenvalue weighted by molar-refractivity contribution is -0.137. The van der Waals surface area contributed by atoms with Gasteiger partial charge in [0.1, 0.15) is 5.75 Å². The van der Waals surface area contributed by atoms with Crippen LogP contribution >= 0.6 is 0 Å². The van der Waals surface area contributed by atoms with Gasteiger partial charge in [0.2, 0.25) is 0 Å². The van der Waals surface area contributed by atoms with E-state index < -0.39 is 33.8 Å². The number of alkyl halides is 3. The highest BCUT2D eigenvalue weighted by Gasteiger charge is 2.30. The number of carbonyl (C=O) groups is 1. The summed E-state index contributed by atoms with van der Waals surface area (Å²) in [7, 11) is -4.14. The number of carbonyl (C=O) groups excluding carboxylic acids is 1. The Morgan fingerprint density at radius 3 is 2.24 bits per heavy atom. The van der Waals surface area contributed by atoms with Crippen LogP contribution in [-0.2, 0) is 21.0 Å². The monoisotopic (exact) mass is 478 g/mol. The second kappa shape index (κ2) is 9.53. The molecule has 2 N–H and O–H groups in total. The molecule has 0 aliphatic carbocycles. The van der Waals surface area contributed by atoms with Crippen LogP contribution in [0.25, 0.3) is 0 Å². The smallest absolute Gasteiger partial charge is 0.416 e. The van der Waals surface area contributed by atoms with Crippen LogP contribution < -0.4 is 14.8 Å². The molecule has 0 aliphatic rings. The number of ether oxygens (including phenoxy) is 1. The molecular formula is C23H21F3N2O4S. The zero-order valence-corrected chi connectivity index (χ0v) is 18.5. The molecule has 6 nitrogen and oxygen atoms in total. The van der Waals surface area contributed by atoms with Gasteiger partial charge in [-0.3, -0.25) is 9.52 Å². The largest absolute Gasteiger partial charge is 0.481 e. The minimum atomic E-state index is -4.60. The molecule has 3 rings (SSSR count). The first kappa shape index (κ1) is 24.1. The second-order valence-corrected chi connectivity index (χ2v) is 8.96. The predicted molar refractivity (Wildman–Crippen MR) is 119 cm³/mol. The summed E-state index contributed by atoms with van der Waals surface area (Å²) in [5.74, 6) is 0.106. The zero-order valence-electron chi connectivity index (χ0n) is 17.7. The maximum atomic E-state index is 12.8. The van der Waals surface area contributed by atoms with Gasteiger partial charge in [0.15, 0.2) is 6.10 Å². The van der Waals surface area contributed by atoms with Crippen LogP contribution in [0.3, 0.4) is 0 Å². The Kier molecular flexibility index (Phi) is 6.97. The lowest BCUT2D eigenvalue weighted by Crippen LogP contribution is -2.30. The number of rotatable bonds is 7. The molecular weight excluding hydrogens is 457 g/mol. The van der Waals surface area contributed by atoms with Crippen molar-refractivity contribution in [1.82, 2.24) is 0 Å². The lowest BCUT2D eigenvalue weighted by atomic mass is 10.2. The van der Waals surface area contributed by atoms with Gasteiger partial charge in [-0.05, 0) is 74.0 Å². The van der Waals surface area contributed by atoms with Crippen molar-refractivity contribution in [1.29, 1.82) is 0 Å². The molecule has 1 atom stereocenters. The molecule has 0 saturated carbocycles. The van der Waals surface area contributed by atoms with Crippen LogP contribution in [0.1, 0.15) is 18.1 Å². The maximum Gasteiger partial charge on any atom is 0.416 e. The Morgan fingerprint density at radius 2 is 1.61 bits per heavy atom. The van der Waals surface area contributed by atoms with Crippen molar-refractivity contribution in [2.24, 2.45) is 0 Å². The van der Waals surface area contributed by atoms with E-state index in [9.17, 15) is 26.4 Å². The number of benzene rings is 3. The molecule has 0 spiro atoms. The molecule has 3 aromatic carbocycles. The molecule has 0 radical (unpaired) electrons. The first-order chi connectivity index (χ1) is 15.4. The SMILES string of the molecule is Cc1cccc(O[C@H](C)C(=O)Nc2ccc(S(=O)(=O)Nc3cccc(C(F)(F)F)c3)cc2)c1. The van der Waals surface area contributed by atoms with E-state index in [1.165, 1.54) is 30.3 Å². The van der Waals surface area contributed by atoms with Crippen molar-refractivity contribution >= 4 is 27.3 Å². The highest BCUT2D eigenvalue weighted by Crippen LogP contribution is 2.31. The summed E-state index contributed by atoms with van der Waals surface area (Å²) in [5, 5.41) is 2.62. The summed E-state index contributed by atoms with van der Waals surface area (Å²) >= 11 is 0. The van der Waals surface area contributed by atoms with Crippen molar-refractivity contribution in [2.75, 3.05) is 10.0 Å². The Balaban J connectivity index is 1.66. The molecule has 0 fully saturated rings. The predicted octanol–water partition coefficient (Wildman–Crippen LogP) is 5.22. The molecule has 0 unspecified atom stereocenters. The molecule has 0 heterocycles. The fourth-order valence-corrected chi connectivity index (χ4v) is 3.93. The second-order valence-electron chi connectivity index (χ2n) is 7.27. The van der Waals surface area contributed by atoms with E-state index in [2.05, 4.69) is 10.0 Å². The number of hydrogen-bond acceptors (Lipinski definition) is 4. The standard InChI is InChI=1S/C23H21F3N2O4S/c1-15-5-3-8-20(13-15)32-16(2)22(29)27-18-9-11-21(12-10-18)33(30,31)28-19-7-4-6-17(14-19)23(24,25)26/h3-14,16,28H,1-2H3,(H,27,29)/t16-/m1/s1. The summed E-state index contributed by atoms with van der Waals surface area (Å²) in [4.78, 5) is 12.2. The van der Waals surface area contributed by atoms with Gasteiger partial charge in [0.05, 0.1) is 10.5 Å². The van der Waals surface area contributed by atoms with E-state index in [-0.39, 0.29) is 10.6 Å². The molecule has 10 heteroatoms. The van der Waals surface area contributed by atoms with Crippen molar-refractivity contribution in [3.05, 3.63) is 83.9 Å². The van der Waals surface area contributed by atoms with Gasteiger partial charge in [0.25, 0.3) is 15.9 Å². The van der Waals surface area contributed by atoms with Crippen LogP contribution in [0, 0.1) is 6.92 Å². The minimum Gasteiger partial charge on any atom is -0.481 e. The van der Waals surface area contributed by atoms with Gasteiger partial charge < -0.3 is 10.1 Å². The van der Waals surface area contributed by atoms with E-state index in [0.717, 1.165) is 17.7 Å². The van der Waals surface area contributed by atoms with Crippen LogP contribution in [0.4, 0.5) is 24.5 Å². The van der Waals surface area contributed by atoms with Crippen LogP contribution in [-0.4, -0.2) is 20.4 Å². The Labute approximate surface area is 189 Å². The van der Waals surface area contributed by atoms with Crippen molar-refractivity contribution in [2.45, 2.75) is 31.0 Å². The summed E-state index contributed by atoms with van der Waals surface area (Å²) < 4.78 is 71.3. The van der Waals surface area contributed by atoms with Crippen molar-refractivity contribution < 1.29 is 31.1 Å². The average Bonchev–Trinajstić information content (AvgIpc) is 2.73. The quantitative estimate of drug-likeness (QED) is 0.488. The topological polar surface area (TPSA) is 84.5 Å². The van der Waals surface area contributed by atoms with Gasteiger partial charge in [-0.1, -0.05) is 18.2 Å². The third-order valence-corrected chi connectivity index (χ3v) is 5.94. The number of hydrogen-bond donors (Lipinski definition) is 2. The highest BCUT2D eigenvalue weighted by atomic mass is 32.2. The Bertz CT molecular complexity index is 1240. The summed E-state index contributed by atoms with van der Waals surface area (Å²) in [6.07, 6.45) is -5.40. The molecule has 0 aromatic heterocycles. The van der Waals surface area contributed by atoms with Crippen LogP contribution in [0.2, 0.25) is 0 Å². The number of amides is 1. The molecule has 33 heavy (non-hydrogen) atoms. The first-order valence-corrected chi connectivity index (χ1v) is 11.3. The normalized spacial score (nSPS) is 12.6. The van der Waals surface area contributed by atoms with Crippen molar-refractivity contribution in [3.63, 3.8) is 0 Å². The van der Waals surface area contributed by atoms with E-state index in [4.69, 9.17) is 4.74 Å². The fraction of sp³-hybridized carbons (Fsp3) is 0.174. The third-order valence-electron chi connectivity index (χ3n) is 4.55. The van der Waals surface area contributed by atoms with Gasteiger partial charge in [-0.15, -0.1) is 0 Å². The number of aryl methyl sites for hydroxylation is 1. The summed E-state index contributed by atoms with van der Waals surface area (Å²) in [6, 6.07) is 16.3. The van der Waals surface area contributed by atoms with Gasteiger partial charge in [-0.25, -0.2) is 8.42 Å². The minimum absolute atomic E-state index is 0.179. The Hall–Kier alpha value is -3.53. The van der Waals surface area contributed by atoms with E-state index in [1.54, 1.807) is 19.1 Å². The first-order valence-electron chi connectivity index (χ1n) is 9.78. The van der Waals surface area contributed by atoms with Crippen molar-refractivity contribution in [3.8, 4) is 5.75 Å². The van der Waals surface area contributed by atoms with Gasteiger partial charge in [-0.2, -0.15) is 13.2 Å². The van der Waals surface area contributed by atoms with E-state index in [1.807, 2.05) is 19.1 Å². The van der Waals surface area contributed by atoms with E-state index in [0.29, 0.717) is 17.5 Å². The zero-order chi connectivity index (χ0) is 24.2. The number of anilines is 2. The number of sulfonamides is 1. The molecule has 1 amide bonds. The molecule has 0 bridgehead atoms. The number of halogens is 3. The van der Waals surface area contributed by atoms with Gasteiger partial charge in [0, 0.05) is 11.4 Å². The lowest BCUT2D eigenvalue weighted by Gasteiger charge is -2.15.